The first-order valence-corrected chi connectivity index (χ1v) is 9.86. The SMILES string of the molecule is CN1CCC(ON)CC1.CN1CCC(ON2C(=O)c3ccccc3C2=O)CC1. The van der Waals surface area contributed by atoms with Gasteiger partial charge in [0.05, 0.1) is 23.3 Å². The van der Waals surface area contributed by atoms with E-state index in [2.05, 4.69) is 23.9 Å². The van der Waals surface area contributed by atoms with Crippen LogP contribution in [0.15, 0.2) is 24.3 Å². The largest absolute Gasteiger partial charge is 0.306 e. The van der Waals surface area contributed by atoms with Crippen LogP contribution in [0.25, 0.3) is 0 Å². The Morgan fingerprint density at radius 1 is 0.821 bits per heavy atom. The highest BCUT2D eigenvalue weighted by atomic mass is 16.7. The topological polar surface area (TPSA) is 88.3 Å². The van der Waals surface area contributed by atoms with Crippen LogP contribution in [-0.2, 0) is 9.68 Å². The highest BCUT2D eigenvalue weighted by molar-refractivity contribution is 6.20. The standard InChI is InChI=1S/C14H16N2O3.C6H14N2O/c1-15-8-6-10(7-9-15)19-16-13(17)11-4-2-3-5-12(11)14(16)18;1-8-4-2-6(9-7)3-5-8/h2-5,10H,6-9H2,1H3;6H,2-5,7H2,1H3. The summed E-state index contributed by atoms with van der Waals surface area (Å²) in [5.74, 6) is 4.33. The second-order valence-corrected chi connectivity index (χ2v) is 7.70. The summed E-state index contributed by atoms with van der Waals surface area (Å²) in [7, 11) is 4.17. The van der Waals surface area contributed by atoms with Gasteiger partial charge in [-0.1, -0.05) is 12.1 Å². The van der Waals surface area contributed by atoms with E-state index in [-0.39, 0.29) is 17.9 Å². The summed E-state index contributed by atoms with van der Waals surface area (Å²) in [4.78, 5) is 39.1. The number of carbonyl (C=O) groups is 2. The van der Waals surface area contributed by atoms with Gasteiger partial charge in [0, 0.05) is 26.2 Å². The number of hydrogen-bond acceptors (Lipinski definition) is 7. The van der Waals surface area contributed by atoms with Crippen LogP contribution in [0.4, 0.5) is 0 Å². The lowest BCUT2D eigenvalue weighted by Crippen LogP contribution is -2.40. The minimum Gasteiger partial charge on any atom is -0.306 e. The molecule has 4 rings (SSSR count). The lowest BCUT2D eigenvalue weighted by molar-refractivity contribution is -0.144. The molecule has 2 amide bonds. The first kappa shape index (κ1) is 20.9. The van der Waals surface area contributed by atoms with Crippen molar-refractivity contribution in [2.75, 3.05) is 40.3 Å². The van der Waals surface area contributed by atoms with Gasteiger partial charge < -0.3 is 14.6 Å². The molecule has 0 aromatic heterocycles. The zero-order chi connectivity index (χ0) is 20.1. The van der Waals surface area contributed by atoms with Gasteiger partial charge in [0.1, 0.15) is 0 Å². The van der Waals surface area contributed by atoms with Crippen LogP contribution in [0, 0.1) is 0 Å². The summed E-state index contributed by atoms with van der Waals surface area (Å²) < 4.78 is 0. The van der Waals surface area contributed by atoms with Crippen LogP contribution in [0.2, 0.25) is 0 Å². The normalized spacial score (nSPS) is 22.2. The van der Waals surface area contributed by atoms with Crippen molar-refractivity contribution in [1.82, 2.24) is 14.9 Å². The smallest absolute Gasteiger partial charge is 0.285 e. The fraction of sp³-hybridized carbons (Fsp3) is 0.600. The molecule has 2 saturated heterocycles. The van der Waals surface area contributed by atoms with Crippen LogP contribution in [0.5, 0.6) is 0 Å². The lowest BCUT2D eigenvalue weighted by atomic mass is 10.1. The average molecular weight is 390 g/mol. The summed E-state index contributed by atoms with van der Waals surface area (Å²) in [6.45, 7) is 4.07. The molecule has 154 valence electrons. The van der Waals surface area contributed by atoms with E-state index in [0.717, 1.165) is 56.9 Å². The molecule has 2 N–H and O–H groups in total. The van der Waals surface area contributed by atoms with Gasteiger partial charge in [-0.2, -0.15) is 0 Å². The van der Waals surface area contributed by atoms with E-state index < -0.39 is 0 Å². The molecule has 3 heterocycles. The number of imide groups is 1. The van der Waals surface area contributed by atoms with Gasteiger partial charge in [-0.25, -0.2) is 5.90 Å². The maximum absolute atomic E-state index is 12.1. The Morgan fingerprint density at radius 2 is 1.25 bits per heavy atom. The number of piperidine rings is 2. The van der Waals surface area contributed by atoms with Crippen molar-refractivity contribution in [3.8, 4) is 0 Å². The molecule has 28 heavy (non-hydrogen) atoms. The molecule has 1 aromatic rings. The van der Waals surface area contributed by atoms with Crippen LogP contribution in [0.3, 0.4) is 0 Å². The van der Waals surface area contributed by atoms with Crippen molar-refractivity contribution in [3.63, 3.8) is 0 Å². The minimum atomic E-state index is -0.348. The first-order valence-electron chi connectivity index (χ1n) is 9.86. The van der Waals surface area contributed by atoms with E-state index in [9.17, 15) is 9.59 Å². The Balaban J connectivity index is 0.000000211. The van der Waals surface area contributed by atoms with Crippen molar-refractivity contribution >= 4 is 11.8 Å². The molecule has 3 aliphatic rings. The zero-order valence-corrected chi connectivity index (χ0v) is 16.7. The third-order valence-corrected chi connectivity index (χ3v) is 5.53. The molecular formula is C20H30N4O4. The number of hydrogen-bond donors (Lipinski definition) is 1. The summed E-state index contributed by atoms with van der Waals surface area (Å²) >= 11 is 0. The predicted octanol–water partition coefficient (Wildman–Crippen LogP) is 1.28. The fourth-order valence-electron chi connectivity index (χ4n) is 3.62. The molecule has 8 heteroatoms. The zero-order valence-electron chi connectivity index (χ0n) is 16.7. The summed E-state index contributed by atoms with van der Waals surface area (Å²) in [5.41, 5.74) is 0.862. The lowest BCUT2D eigenvalue weighted by Gasteiger charge is -2.30. The van der Waals surface area contributed by atoms with E-state index in [1.54, 1.807) is 24.3 Å². The first-order chi connectivity index (χ1) is 13.5. The Bertz CT molecular complexity index is 648. The van der Waals surface area contributed by atoms with E-state index in [0.29, 0.717) is 17.2 Å². The third kappa shape index (κ3) is 4.95. The average Bonchev–Trinajstić information content (AvgIpc) is 2.96. The van der Waals surface area contributed by atoms with Crippen LogP contribution in [0.1, 0.15) is 46.4 Å². The predicted molar refractivity (Wildman–Crippen MR) is 104 cm³/mol. The van der Waals surface area contributed by atoms with Crippen LogP contribution in [-0.4, -0.2) is 79.2 Å². The van der Waals surface area contributed by atoms with Gasteiger partial charge in [0.15, 0.2) is 0 Å². The van der Waals surface area contributed by atoms with Crippen molar-refractivity contribution in [3.05, 3.63) is 35.4 Å². The van der Waals surface area contributed by atoms with E-state index >= 15 is 0 Å². The van der Waals surface area contributed by atoms with Crippen LogP contribution >= 0.6 is 0 Å². The summed E-state index contributed by atoms with van der Waals surface area (Å²) in [6.07, 6.45) is 4.08. The molecule has 0 atom stereocenters. The van der Waals surface area contributed by atoms with E-state index in [4.69, 9.17) is 15.6 Å². The van der Waals surface area contributed by atoms with Crippen LogP contribution < -0.4 is 5.90 Å². The second-order valence-electron chi connectivity index (χ2n) is 7.70. The number of hydroxylamine groups is 2. The Labute approximate surface area is 166 Å². The third-order valence-electron chi connectivity index (χ3n) is 5.53. The number of nitrogens with zero attached hydrogens (tertiary/aromatic N) is 3. The molecule has 0 bridgehead atoms. The monoisotopic (exact) mass is 390 g/mol. The molecule has 0 unspecified atom stereocenters. The molecule has 1 aromatic carbocycles. The summed E-state index contributed by atoms with van der Waals surface area (Å²) in [5, 5.41) is 0.931. The van der Waals surface area contributed by atoms with Gasteiger partial charge in [0.25, 0.3) is 11.8 Å². The van der Waals surface area contributed by atoms with E-state index in [1.807, 2.05) is 0 Å². The summed E-state index contributed by atoms with van der Waals surface area (Å²) in [6, 6.07) is 6.83. The fourth-order valence-corrected chi connectivity index (χ4v) is 3.62. The number of benzene rings is 1. The van der Waals surface area contributed by atoms with Crippen molar-refractivity contribution < 1.29 is 19.3 Å². The maximum Gasteiger partial charge on any atom is 0.285 e. The number of likely N-dealkylation sites (tertiary alicyclic amines) is 2. The van der Waals surface area contributed by atoms with Crippen molar-refractivity contribution in [1.29, 1.82) is 0 Å². The highest BCUT2D eigenvalue weighted by Gasteiger charge is 2.38. The van der Waals surface area contributed by atoms with Gasteiger partial charge in [0.2, 0.25) is 0 Å². The number of amides is 2. The van der Waals surface area contributed by atoms with Crippen molar-refractivity contribution in [2.24, 2.45) is 5.90 Å². The Kier molecular flexibility index (Phi) is 7.14. The van der Waals surface area contributed by atoms with E-state index in [1.165, 1.54) is 0 Å². The molecule has 3 aliphatic heterocycles. The van der Waals surface area contributed by atoms with Gasteiger partial charge in [-0.05, 0) is 51.9 Å². The molecule has 0 radical (unpaired) electrons. The van der Waals surface area contributed by atoms with Gasteiger partial charge in [-0.3, -0.25) is 14.4 Å². The Morgan fingerprint density at radius 3 is 1.68 bits per heavy atom. The number of rotatable bonds is 3. The molecule has 2 fully saturated rings. The Hall–Kier alpha value is -1.84. The molecule has 8 nitrogen and oxygen atoms in total. The van der Waals surface area contributed by atoms with Gasteiger partial charge >= 0.3 is 0 Å². The molecular weight excluding hydrogens is 360 g/mol. The highest BCUT2D eigenvalue weighted by Crippen LogP contribution is 2.25. The van der Waals surface area contributed by atoms with Crippen molar-refractivity contribution in [2.45, 2.75) is 37.9 Å². The molecule has 0 aliphatic carbocycles. The number of carbonyl (C=O) groups excluding carboxylic acids is 2. The quantitative estimate of drug-likeness (QED) is 0.614. The molecule has 0 spiro atoms. The number of fused-ring (bicyclic) bond motifs is 1. The van der Waals surface area contributed by atoms with Gasteiger partial charge in [-0.15, -0.1) is 5.06 Å². The maximum atomic E-state index is 12.1. The molecule has 0 saturated carbocycles. The number of nitrogens with two attached hydrogens (primary N) is 1. The second kappa shape index (κ2) is 9.58. The minimum absolute atomic E-state index is 0.0570.